The summed E-state index contributed by atoms with van der Waals surface area (Å²) in [6.07, 6.45) is 0. The van der Waals surface area contributed by atoms with E-state index in [1.54, 1.807) is 31.2 Å². The number of nitrogens with two attached hydrogens (primary N) is 1. The molecule has 0 saturated carbocycles. The SMILES string of the molecule is CCOC(=O)c1ccc(C#Cc2ccccc2N)cc1. The van der Waals surface area contributed by atoms with Gasteiger partial charge in [-0.25, -0.2) is 4.79 Å². The van der Waals surface area contributed by atoms with Crippen LogP contribution in [0.25, 0.3) is 0 Å². The maximum Gasteiger partial charge on any atom is 0.338 e. The number of para-hydroxylation sites is 1. The molecule has 0 spiro atoms. The number of hydrogen-bond acceptors (Lipinski definition) is 3. The van der Waals surface area contributed by atoms with Crippen molar-refractivity contribution in [3.05, 3.63) is 65.2 Å². The van der Waals surface area contributed by atoms with Crippen molar-refractivity contribution >= 4 is 11.7 Å². The van der Waals surface area contributed by atoms with Gasteiger partial charge >= 0.3 is 5.97 Å². The molecule has 0 radical (unpaired) electrons. The summed E-state index contributed by atoms with van der Waals surface area (Å²) in [6, 6.07) is 14.4. The van der Waals surface area contributed by atoms with Crippen molar-refractivity contribution < 1.29 is 9.53 Å². The lowest BCUT2D eigenvalue weighted by Crippen LogP contribution is -2.04. The second-order valence-electron chi connectivity index (χ2n) is 4.14. The average molecular weight is 265 g/mol. The van der Waals surface area contributed by atoms with Gasteiger partial charge in [-0.1, -0.05) is 24.0 Å². The van der Waals surface area contributed by atoms with Crippen molar-refractivity contribution in [2.75, 3.05) is 12.3 Å². The monoisotopic (exact) mass is 265 g/mol. The Morgan fingerprint density at radius 1 is 1.10 bits per heavy atom. The van der Waals surface area contributed by atoms with E-state index in [0.29, 0.717) is 17.9 Å². The van der Waals surface area contributed by atoms with E-state index in [1.807, 2.05) is 24.3 Å². The molecule has 3 nitrogen and oxygen atoms in total. The highest BCUT2D eigenvalue weighted by molar-refractivity contribution is 5.89. The van der Waals surface area contributed by atoms with Crippen LogP contribution in [0.4, 0.5) is 5.69 Å². The Balaban J connectivity index is 2.16. The van der Waals surface area contributed by atoms with Crippen LogP contribution in [0.1, 0.15) is 28.4 Å². The van der Waals surface area contributed by atoms with Gasteiger partial charge in [0.2, 0.25) is 0 Å². The molecule has 0 unspecified atom stereocenters. The van der Waals surface area contributed by atoms with E-state index in [9.17, 15) is 4.79 Å². The maximum absolute atomic E-state index is 11.5. The van der Waals surface area contributed by atoms with Gasteiger partial charge in [0.15, 0.2) is 0 Å². The molecule has 0 saturated heterocycles. The van der Waals surface area contributed by atoms with Crippen LogP contribution < -0.4 is 5.73 Å². The smallest absolute Gasteiger partial charge is 0.338 e. The zero-order valence-electron chi connectivity index (χ0n) is 11.2. The summed E-state index contributed by atoms with van der Waals surface area (Å²) in [5.74, 6) is 5.71. The highest BCUT2D eigenvalue weighted by Crippen LogP contribution is 2.09. The number of esters is 1. The first-order valence-corrected chi connectivity index (χ1v) is 6.34. The average Bonchev–Trinajstić information content (AvgIpc) is 2.47. The normalized spacial score (nSPS) is 9.45. The van der Waals surface area contributed by atoms with Gasteiger partial charge in [0.1, 0.15) is 0 Å². The van der Waals surface area contributed by atoms with Crippen molar-refractivity contribution in [1.29, 1.82) is 0 Å². The molecule has 0 amide bonds. The van der Waals surface area contributed by atoms with Gasteiger partial charge < -0.3 is 10.5 Å². The summed E-state index contributed by atoms with van der Waals surface area (Å²) in [5.41, 5.74) is 8.61. The van der Waals surface area contributed by atoms with Crippen LogP contribution in [-0.4, -0.2) is 12.6 Å². The molecule has 0 bridgehead atoms. The number of nitrogen functional groups attached to an aromatic ring is 1. The molecule has 3 heteroatoms. The third-order valence-corrected chi connectivity index (χ3v) is 2.70. The van der Waals surface area contributed by atoms with Crippen LogP contribution in [-0.2, 0) is 4.74 Å². The molecule has 0 aliphatic carbocycles. The second-order valence-corrected chi connectivity index (χ2v) is 4.14. The Bertz CT molecular complexity index is 663. The van der Waals surface area contributed by atoms with Gasteiger partial charge in [-0.15, -0.1) is 0 Å². The lowest BCUT2D eigenvalue weighted by Gasteiger charge is -2.01. The van der Waals surface area contributed by atoms with Crippen molar-refractivity contribution in [3.63, 3.8) is 0 Å². The molecule has 0 heterocycles. The van der Waals surface area contributed by atoms with Crippen molar-refractivity contribution in [2.45, 2.75) is 6.92 Å². The van der Waals surface area contributed by atoms with Crippen LogP contribution in [0.15, 0.2) is 48.5 Å². The number of anilines is 1. The van der Waals surface area contributed by atoms with E-state index in [0.717, 1.165) is 11.1 Å². The summed E-state index contributed by atoms with van der Waals surface area (Å²) in [6.45, 7) is 2.15. The predicted octanol–water partition coefficient (Wildman–Crippen LogP) is 2.85. The fraction of sp³-hybridized carbons (Fsp3) is 0.118. The number of ether oxygens (including phenoxy) is 1. The summed E-state index contributed by atoms with van der Waals surface area (Å²) in [7, 11) is 0. The van der Waals surface area contributed by atoms with Gasteiger partial charge in [-0.3, -0.25) is 0 Å². The molecular weight excluding hydrogens is 250 g/mol. The molecule has 100 valence electrons. The molecular formula is C17H15NO2. The second kappa shape index (κ2) is 6.44. The molecule has 0 aromatic heterocycles. The summed E-state index contributed by atoms with van der Waals surface area (Å²) < 4.78 is 4.92. The summed E-state index contributed by atoms with van der Waals surface area (Å²) >= 11 is 0. The highest BCUT2D eigenvalue weighted by atomic mass is 16.5. The van der Waals surface area contributed by atoms with Crippen LogP contribution >= 0.6 is 0 Å². The molecule has 20 heavy (non-hydrogen) atoms. The Labute approximate surface area is 118 Å². The zero-order chi connectivity index (χ0) is 14.4. The summed E-state index contributed by atoms with van der Waals surface area (Å²) in [4.78, 5) is 11.5. The topological polar surface area (TPSA) is 52.3 Å². The standard InChI is InChI=1S/C17H15NO2/c1-2-20-17(19)15-11-8-13(9-12-15)7-10-14-5-3-4-6-16(14)18/h3-6,8-9,11-12H,2,18H2,1H3. The molecule has 2 aromatic carbocycles. The van der Waals surface area contributed by atoms with E-state index in [2.05, 4.69) is 11.8 Å². The van der Waals surface area contributed by atoms with E-state index in [1.165, 1.54) is 0 Å². The van der Waals surface area contributed by atoms with E-state index < -0.39 is 0 Å². The first-order valence-electron chi connectivity index (χ1n) is 6.34. The van der Waals surface area contributed by atoms with E-state index >= 15 is 0 Å². The fourth-order valence-corrected chi connectivity index (χ4v) is 1.65. The van der Waals surface area contributed by atoms with Crippen molar-refractivity contribution in [3.8, 4) is 11.8 Å². The van der Waals surface area contributed by atoms with Crippen LogP contribution in [0.3, 0.4) is 0 Å². The van der Waals surface area contributed by atoms with Gasteiger partial charge in [0.25, 0.3) is 0 Å². The molecule has 0 atom stereocenters. The van der Waals surface area contributed by atoms with Crippen LogP contribution in [0.5, 0.6) is 0 Å². The first kappa shape index (κ1) is 13.7. The van der Waals surface area contributed by atoms with Gasteiger partial charge in [-0.2, -0.15) is 0 Å². The van der Waals surface area contributed by atoms with E-state index in [-0.39, 0.29) is 5.97 Å². The molecule has 0 aliphatic rings. The number of hydrogen-bond donors (Lipinski definition) is 1. The fourth-order valence-electron chi connectivity index (χ4n) is 1.65. The lowest BCUT2D eigenvalue weighted by molar-refractivity contribution is 0.0526. The van der Waals surface area contributed by atoms with Crippen LogP contribution in [0.2, 0.25) is 0 Å². The highest BCUT2D eigenvalue weighted by Gasteiger charge is 2.04. The maximum atomic E-state index is 11.5. The number of benzene rings is 2. The minimum absolute atomic E-state index is 0.320. The first-order chi connectivity index (χ1) is 9.70. The molecule has 0 aliphatic heterocycles. The lowest BCUT2D eigenvalue weighted by atomic mass is 10.1. The number of carbonyl (C=O) groups excluding carboxylic acids is 1. The van der Waals surface area contributed by atoms with Crippen LogP contribution in [0, 0.1) is 11.8 Å². The third kappa shape index (κ3) is 3.39. The molecule has 0 fully saturated rings. The Morgan fingerprint density at radius 2 is 1.80 bits per heavy atom. The van der Waals surface area contributed by atoms with Crippen molar-refractivity contribution in [2.24, 2.45) is 0 Å². The minimum atomic E-state index is -0.320. The molecule has 2 rings (SSSR count). The number of rotatable bonds is 2. The zero-order valence-corrected chi connectivity index (χ0v) is 11.2. The minimum Gasteiger partial charge on any atom is -0.462 e. The largest absolute Gasteiger partial charge is 0.462 e. The van der Waals surface area contributed by atoms with Crippen molar-refractivity contribution in [1.82, 2.24) is 0 Å². The third-order valence-electron chi connectivity index (χ3n) is 2.70. The molecule has 2 aromatic rings. The Kier molecular flexibility index (Phi) is 4.41. The van der Waals surface area contributed by atoms with Gasteiger partial charge in [0.05, 0.1) is 12.2 Å². The van der Waals surface area contributed by atoms with Gasteiger partial charge in [0, 0.05) is 16.8 Å². The van der Waals surface area contributed by atoms with E-state index in [4.69, 9.17) is 10.5 Å². The quantitative estimate of drug-likeness (QED) is 0.516. The van der Waals surface area contributed by atoms with Gasteiger partial charge in [-0.05, 0) is 43.3 Å². The molecule has 2 N–H and O–H groups in total. The summed E-state index contributed by atoms with van der Waals surface area (Å²) in [5, 5.41) is 0. The Hall–Kier alpha value is -2.73. The number of carbonyl (C=O) groups is 1. The Morgan fingerprint density at radius 3 is 2.45 bits per heavy atom. The predicted molar refractivity (Wildman–Crippen MR) is 79.2 cm³/mol.